The topological polar surface area (TPSA) is 95.2 Å². The summed E-state index contributed by atoms with van der Waals surface area (Å²) in [6, 6.07) is 10.9. The second-order valence-electron chi connectivity index (χ2n) is 10.7. The number of rotatable bonds is 4. The number of sulfonamides is 1. The van der Waals surface area contributed by atoms with Crippen LogP contribution in [0.4, 0.5) is 5.82 Å². The van der Waals surface area contributed by atoms with E-state index in [0.29, 0.717) is 37.3 Å². The highest BCUT2D eigenvalue weighted by Crippen LogP contribution is 2.29. The highest BCUT2D eigenvalue weighted by Gasteiger charge is 2.33. The van der Waals surface area contributed by atoms with Gasteiger partial charge in [0.05, 0.1) is 10.5 Å². The van der Waals surface area contributed by atoms with Gasteiger partial charge in [0, 0.05) is 30.7 Å². The second kappa shape index (κ2) is 8.96. The number of anilines is 1. The lowest BCUT2D eigenvalue weighted by atomic mass is 9.87. The Kier molecular flexibility index (Phi) is 6.79. The SMILES string of the molecule is CC(C)(C)c1ccc(S(=O)(=O)N2CCC(C(=O)Nc3cc(C#N)cn3C(C)(C)C)CC2)cc1. The highest BCUT2D eigenvalue weighted by atomic mass is 32.2. The first-order valence-electron chi connectivity index (χ1n) is 11.3. The minimum absolute atomic E-state index is 0.0468. The van der Waals surface area contributed by atoms with Gasteiger partial charge in [-0.2, -0.15) is 9.57 Å². The molecule has 1 fully saturated rings. The van der Waals surface area contributed by atoms with Crippen molar-refractivity contribution in [3.63, 3.8) is 0 Å². The average molecular weight is 471 g/mol. The van der Waals surface area contributed by atoms with Crippen molar-refractivity contribution in [2.75, 3.05) is 18.4 Å². The molecule has 0 saturated carbocycles. The van der Waals surface area contributed by atoms with Crippen LogP contribution >= 0.6 is 0 Å². The zero-order valence-corrected chi connectivity index (χ0v) is 21.2. The highest BCUT2D eigenvalue weighted by molar-refractivity contribution is 7.89. The van der Waals surface area contributed by atoms with Crippen LogP contribution in [0, 0.1) is 17.2 Å². The minimum atomic E-state index is -3.60. The third-order valence-electron chi connectivity index (χ3n) is 6.11. The van der Waals surface area contributed by atoms with Crippen molar-refractivity contribution in [2.24, 2.45) is 5.92 Å². The third-order valence-corrected chi connectivity index (χ3v) is 8.02. The number of nitrogens with zero attached hydrogens (tertiary/aromatic N) is 3. The van der Waals surface area contributed by atoms with Crippen LogP contribution in [0.5, 0.6) is 0 Å². The Labute approximate surface area is 197 Å². The van der Waals surface area contributed by atoms with E-state index in [2.05, 4.69) is 32.2 Å². The fourth-order valence-electron chi connectivity index (χ4n) is 4.04. The molecule has 0 bridgehead atoms. The molecule has 0 atom stereocenters. The van der Waals surface area contributed by atoms with Gasteiger partial charge in [-0.05, 0) is 62.8 Å². The smallest absolute Gasteiger partial charge is 0.243 e. The van der Waals surface area contributed by atoms with E-state index in [0.717, 1.165) is 5.56 Å². The molecule has 1 aromatic heterocycles. The molecule has 1 saturated heterocycles. The van der Waals surface area contributed by atoms with E-state index < -0.39 is 10.0 Å². The summed E-state index contributed by atoms with van der Waals surface area (Å²) in [5, 5.41) is 12.2. The van der Waals surface area contributed by atoms with Gasteiger partial charge in [0.1, 0.15) is 11.9 Å². The number of aromatic nitrogens is 1. The molecule has 1 aromatic carbocycles. The van der Waals surface area contributed by atoms with Crippen molar-refractivity contribution >= 4 is 21.7 Å². The van der Waals surface area contributed by atoms with E-state index in [-0.39, 0.29) is 27.7 Å². The molecule has 0 spiro atoms. The lowest BCUT2D eigenvalue weighted by Gasteiger charge is -2.31. The Morgan fingerprint density at radius 1 is 1.06 bits per heavy atom. The molecule has 1 N–H and O–H groups in total. The second-order valence-corrected chi connectivity index (χ2v) is 12.6. The zero-order chi connectivity index (χ0) is 24.6. The quantitative estimate of drug-likeness (QED) is 0.714. The van der Waals surface area contributed by atoms with Gasteiger partial charge in [0.15, 0.2) is 0 Å². The van der Waals surface area contributed by atoms with E-state index in [1.54, 1.807) is 24.4 Å². The van der Waals surface area contributed by atoms with E-state index in [9.17, 15) is 18.5 Å². The number of carbonyl (C=O) groups is 1. The van der Waals surface area contributed by atoms with E-state index in [1.807, 2.05) is 37.5 Å². The summed E-state index contributed by atoms with van der Waals surface area (Å²) in [6.07, 6.45) is 2.63. The third kappa shape index (κ3) is 5.48. The maximum Gasteiger partial charge on any atom is 0.243 e. The van der Waals surface area contributed by atoms with Crippen molar-refractivity contribution < 1.29 is 13.2 Å². The molecule has 1 aliphatic heterocycles. The number of benzene rings is 1. The predicted octanol–water partition coefficient (Wildman–Crippen LogP) is 4.45. The van der Waals surface area contributed by atoms with E-state index >= 15 is 0 Å². The van der Waals surface area contributed by atoms with Crippen LogP contribution < -0.4 is 5.32 Å². The monoisotopic (exact) mass is 470 g/mol. The number of nitriles is 1. The van der Waals surface area contributed by atoms with Crippen LogP contribution in [0.1, 0.15) is 65.5 Å². The first kappa shape index (κ1) is 25.0. The molecule has 2 aromatic rings. The normalized spacial score (nSPS) is 16.4. The summed E-state index contributed by atoms with van der Waals surface area (Å²) < 4.78 is 29.5. The molecule has 2 heterocycles. The zero-order valence-electron chi connectivity index (χ0n) is 20.3. The Balaban J connectivity index is 1.67. The fraction of sp³-hybridized carbons (Fsp3) is 0.520. The molecular formula is C25H34N4O3S. The minimum Gasteiger partial charge on any atom is -0.328 e. The van der Waals surface area contributed by atoms with Gasteiger partial charge in [-0.15, -0.1) is 0 Å². The van der Waals surface area contributed by atoms with Gasteiger partial charge in [0.25, 0.3) is 0 Å². The molecule has 8 heteroatoms. The number of piperidine rings is 1. The Morgan fingerprint density at radius 2 is 1.64 bits per heavy atom. The number of hydrogen-bond acceptors (Lipinski definition) is 4. The molecule has 7 nitrogen and oxygen atoms in total. The lowest BCUT2D eigenvalue weighted by molar-refractivity contribution is -0.121. The molecule has 178 valence electrons. The first-order valence-corrected chi connectivity index (χ1v) is 12.7. The standard InChI is InChI=1S/C25H34N4O3S/c1-24(2,3)20-7-9-21(10-8-20)33(31,32)28-13-11-19(12-14-28)23(30)27-22-15-18(16-26)17-29(22)25(4,5)6/h7-10,15,17,19H,11-14H2,1-6H3,(H,27,30). The number of hydrogen-bond donors (Lipinski definition) is 1. The van der Waals surface area contributed by atoms with Crippen LogP contribution in [-0.2, 0) is 25.8 Å². The molecule has 33 heavy (non-hydrogen) atoms. The van der Waals surface area contributed by atoms with Crippen LogP contribution in [0.15, 0.2) is 41.4 Å². The molecular weight excluding hydrogens is 436 g/mol. The van der Waals surface area contributed by atoms with Gasteiger partial charge in [-0.25, -0.2) is 8.42 Å². The Hall–Kier alpha value is -2.63. The summed E-state index contributed by atoms with van der Waals surface area (Å²) in [5.41, 5.74) is 1.22. The molecule has 0 aliphatic carbocycles. The van der Waals surface area contributed by atoms with Crippen molar-refractivity contribution in [3.05, 3.63) is 47.7 Å². The van der Waals surface area contributed by atoms with E-state index in [1.165, 1.54) is 4.31 Å². The van der Waals surface area contributed by atoms with Crippen molar-refractivity contribution in [3.8, 4) is 6.07 Å². The van der Waals surface area contributed by atoms with Gasteiger partial charge in [-0.1, -0.05) is 32.9 Å². The molecule has 1 aliphatic rings. The first-order chi connectivity index (χ1) is 15.2. The average Bonchev–Trinajstić information content (AvgIpc) is 3.17. The van der Waals surface area contributed by atoms with Crippen molar-refractivity contribution in [2.45, 2.75) is 70.2 Å². The summed E-state index contributed by atoms with van der Waals surface area (Å²) in [4.78, 5) is 13.2. The maximum absolute atomic E-state index is 13.1. The van der Waals surface area contributed by atoms with E-state index in [4.69, 9.17) is 0 Å². The van der Waals surface area contributed by atoms with Crippen LogP contribution in [-0.4, -0.2) is 36.3 Å². The number of nitrogens with one attached hydrogen (secondary N) is 1. The number of amides is 1. The van der Waals surface area contributed by atoms with Gasteiger partial charge < -0.3 is 9.88 Å². The van der Waals surface area contributed by atoms with Crippen molar-refractivity contribution in [1.29, 1.82) is 5.26 Å². The van der Waals surface area contributed by atoms with Crippen LogP contribution in [0.3, 0.4) is 0 Å². The predicted molar refractivity (Wildman–Crippen MR) is 129 cm³/mol. The Morgan fingerprint density at radius 3 is 2.12 bits per heavy atom. The van der Waals surface area contributed by atoms with Gasteiger partial charge in [-0.3, -0.25) is 4.79 Å². The number of carbonyl (C=O) groups excluding carboxylic acids is 1. The molecule has 1 amide bonds. The largest absolute Gasteiger partial charge is 0.328 e. The summed E-state index contributed by atoms with van der Waals surface area (Å²) >= 11 is 0. The summed E-state index contributed by atoms with van der Waals surface area (Å²) in [5.74, 6) is 0.154. The molecule has 3 rings (SSSR count). The fourth-order valence-corrected chi connectivity index (χ4v) is 5.51. The lowest BCUT2D eigenvalue weighted by Crippen LogP contribution is -2.41. The van der Waals surface area contributed by atoms with Crippen LogP contribution in [0.2, 0.25) is 0 Å². The molecule has 0 unspecified atom stereocenters. The van der Waals surface area contributed by atoms with Crippen LogP contribution in [0.25, 0.3) is 0 Å². The van der Waals surface area contributed by atoms with Crippen molar-refractivity contribution in [1.82, 2.24) is 8.87 Å². The Bertz CT molecular complexity index is 1150. The summed E-state index contributed by atoms with van der Waals surface area (Å²) in [7, 11) is -3.60. The molecule has 0 radical (unpaired) electrons. The summed E-state index contributed by atoms with van der Waals surface area (Å²) in [6.45, 7) is 12.9. The van der Waals surface area contributed by atoms with Gasteiger partial charge >= 0.3 is 0 Å². The van der Waals surface area contributed by atoms with Gasteiger partial charge in [0.2, 0.25) is 15.9 Å². The maximum atomic E-state index is 13.1.